The minimum atomic E-state index is -0.196. The maximum absolute atomic E-state index is 12.8. The third-order valence-corrected chi connectivity index (χ3v) is 4.25. The lowest BCUT2D eigenvalue weighted by atomic mass is 10.0. The van der Waals surface area contributed by atoms with Crippen LogP contribution in [0.15, 0.2) is 42.6 Å². The topological polar surface area (TPSA) is 22.0 Å². The fraction of sp³-hybridized carbons (Fsp3) is 0.0625. The summed E-state index contributed by atoms with van der Waals surface area (Å²) in [6, 6.07) is 10.4. The second kappa shape index (κ2) is 5.38. The lowest BCUT2D eigenvalue weighted by molar-refractivity contribution is 0.104. The van der Waals surface area contributed by atoms with Crippen LogP contribution in [0.25, 0.3) is 10.9 Å². The molecule has 21 heavy (non-hydrogen) atoms. The third kappa shape index (κ3) is 2.44. The van der Waals surface area contributed by atoms with E-state index in [1.54, 1.807) is 30.5 Å². The quantitative estimate of drug-likeness (QED) is 0.576. The van der Waals surface area contributed by atoms with Crippen LogP contribution in [0.4, 0.5) is 0 Å². The van der Waals surface area contributed by atoms with Gasteiger partial charge in [-0.25, -0.2) is 0 Å². The van der Waals surface area contributed by atoms with E-state index < -0.39 is 0 Å². The Kier molecular flexibility index (Phi) is 3.70. The zero-order valence-electron chi connectivity index (χ0n) is 11.0. The van der Waals surface area contributed by atoms with Crippen molar-refractivity contribution >= 4 is 51.5 Å². The Balaban J connectivity index is 2.24. The molecule has 5 heteroatoms. The summed E-state index contributed by atoms with van der Waals surface area (Å²) in [5, 5.41) is 2.14. The highest BCUT2D eigenvalue weighted by Crippen LogP contribution is 2.31. The Morgan fingerprint density at radius 1 is 1.05 bits per heavy atom. The van der Waals surface area contributed by atoms with Gasteiger partial charge in [0, 0.05) is 34.7 Å². The number of fused-ring (bicyclic) bond motifs is 1. The van der Waals surface area contributed by atoms with Crippen molar-refractivity contribution in [3.63, 3.8) is 0 Å². The Labute approximate surface area is 136 Å². The molecule has 0 aliphatic heterocycles. The van der Waals surface area contributed by atoms with Crippen molar-refractivity contribution in [3.8, 4) is 0 Å². The van der Waals surface area contributed by atoms with Crippen molar-refractivity contribution in [2.75, 3.05) is 0 Å². The summed E-state index contributed by atoms with van der Waals surface area (Å²) in [6.07, 6.45) is 1.77. The zero-order chi connectivity index (χ0) is 15.1. The summed E-state index contributed by atoms with van der Waals surface area (Å²) < 4.78 is 1.86. The van der Waals surface area contributed by atoms with Crippen molar-refractivity contribution in [1.29, 1.82) is 0 Å². The summed E-state index contributed by atoms with van der Waals surface area (Å²) >= 11 is 18.3. The van der Waals surface area contributed by atoms with Crippen LogP contribution in [0.3, 0.4) is 0 Å². The summed E-state index contributed by atoms with van der Waals surface area (Å²) in [4.78, 5) is 12.8. The van der Waals surface area contributed by atoms with Crippen LogP contribution >= 0.6 is 34.8 Å². The van der Waals surface area contributed by atoms with Gasteiger partial charge in [0.25, 0.3) is 0 Å². The van der Waals surface area contributed by atoms with Gasteiger partial charge in [0.1, 0.15) is 0 Å². The van der Waals surface area contributed by atoms with Crippen molar-refractivity contribution in [3.05, 3.63) is 68.8 Å². The van der Waals surface area contributed by atoms with Gasteiger partial charge in [-0.3, -0.25) is 4.79 Å². The molecule has 0 amide bonds. The molecule has 0 aliphatic carbocycles. The number of halogens is 3. The molecule has 0 aliphatic rings. The second-order valence-corrected chi connectivity index (χ2v) is 5.99. The number of benzene rings is 2. The molecule has 106 valence electrons. The van der Waals surface area contributed by atoms with E-state index in [0.29, 0.717) is 26.2 Å². The molecule has 0 saturated heterocycles. The fourth-order valence-electron chi connectivity index (χ4n) is 2.39. The van der Waals surface area contributed by atoms with E-state index in [4.69, 9.17) is 34.8 Å². The first kappa shape index (κ1) is 14.5. The van der Waals surface area contributed by atoms with Crippen LogP contribution in [0.1, 0.15) is 15.9 Å². The van der Waals surface area contributed by atoms with Crippen LogP contribution in [0, 0.1) is 0 Å². The molecule has 1 aromatic heterocycles. The Bertz CT molecular complexity index is 847. The number of aryl methyl sites for hydroxylation is 1. The highest BCUT2D eigenvalue weighted by molar-refractivity contribution is 6.41. The van der Waals surface area contributed by atoms with Gasteiger partial charge in [-0.15, -0.1) is 0 Å². The number of hydrogen-bond acceptors (Lipinski definition) is 1. The van der Waals surface area contributed by atoms with E-state index in [-0.39, 0.29) is 5.78 Å². The fourth-order valence-corrected chi connectivity index (χ4v) is 3.12. The predicted molar refractivity (Wildman–Crippen MR) is 87.8 cm³/mol. The van der Waals surface area contributed by atoms with Crippen LogP contribution in [0.5, 0.6) is 0 Å². The van der Waals surface area contributed by atoms with Gasteiger partial charge in [-0.05, 0) is 24.3 Å². The molecule has 2 nitrogen and oxygen atoms in total. The van der Waals surface area contributed by atoms with E-state index >= 15 is 0 Å². The highest BCUT2D eigenvalue weighted by atomic mass is 35.5. The maximum Gasteiger partial charge on any atom is 0.198 e. The number of carbonyl (C=O) groups excluding carboxylic acids is 1. The number of rotatable bonds is 2. The minimum Gasteiger partial charge on any atom is -0.350 e. The van der Waals surface area contributed by atoms with Crippen LogP contribution < -0.4 is 0 Å². The zero-order valence-corrected chi connectivity index (χ0v) is 13.3. The van der Waals surface area contributed by atoms with Gasteiger partial charge >= 0.3 is 0 Å². The first-order chi connectivity index (χ1) is 9.99. The van der Waals surface area contributed by atoms with Gasteiger partial charge in [0.05, 0.1) is 15.6 Å². The molecule has 0 saturated carbocycles. The number of ketones is 1. The first-order valence-electron chi connectivity index (χ1n) is 6.22. The molecule has 0 spiro atoms. The molecule has 0 bridgehead atoms. The summed E-state index contributed by atoms with van der Waals surface area (Å²) in [5.74, 6) is -0.196. The average molecular weight is 339 g/mol. The normalized spacial score (nSPS) is 11.0. The number of hydrogen-bond donors (Lipinski definition) is 0. The Morgan fingerprint density at radius 3 is 2.38 bits per heavy atom. The number of carbonyl (C=O) groups is 1. The van der Waals surface area contributed by atoms with Gasteiger partial charge in [-0.1, -0.05) is 46.9 Å². The average Bonchev–Trinajstić information content (AvgIpc) is 2.75. The SMILES string of the molecule is Cn1cc(C(=O)c2c(Cl)cccc2Cl)c2ccc(Cl)cc21. The molecule has 3 rings (SSSR count). The summed E-state index contributed by atoms with van der Waals surface area (Å²) in [5.41, 5.74) is 1.76. The predicted octanol–water partition coefficient (Wildman–Crippen LogP) is 5.37. The van der Waals surface area contributed by atoms with Crippen LogP contribution in [-0.4, -0.2) is 10.4 Å². The lowest BCUT2D eigenvalue weighted by Crippen LogP contribution is -2.02. The smallest absolute Gasteiger partial charge is 0.198 e. The van der Waals surface area contributed by atoms with Crippen LogP contribution in [-0.2, 0) is 7.05 Å². The number of aromatic nitrogens is 1. The maximum atomic E-state index is 12.8. The van der Waals surface area contributed by atoms with E-state index in [9.17, 15) is 4.79 Å². The molecule has 2 aromatic carbocycles. The molecular formula is C16H10Cl3NO. The van der Waals surface area contributed by atoms with Crippen LogP contribution in [0.2, 0.25) is 15.1 Å². The standard InChI is InChI=1S/C16H10Cl3NO/c1-20-8-11(10-6-5-9(17)7-14(10)20)16(21)15-12(18)3-2-4-13(15)19/h2-8H,1H3. The summed E-state index contributed by atoms with van der Waals surface area (Å²) in [6.45, 7) is 0. The van der Waals surface area contributed by atoms with Gasteiger partial charge in [0.2, 0.25) is 0 Å². The number of nitrogens with zero attached hydrogens (tertiary/aromatic N) is 1. The Morgan fingerprint density at radius 2 is 1.71 bits per heavy atom. The van der Waals surface area contributed by atoms with Crippen molar-refractivity contribution in [1.82, 2.24) is 4.57 Å². The van der Waals surface area contributed by atoms with Crippen molar-refractivity contribution in [2.24, 2.45) is 7.05 Å². The molecule has 0 unspecified atom stereocenters. The van der Waals surface area contributed by atoms with Crippen molar-refractivity contribution in [2.45, 2.75) is 0 Å². The van der Waals surface area contributed by atoms with Gasteiger partial charge in [-0.2, -0.15) is 0 Å². The van der Waals surface area contributed by atoms with E-state index in [0.717, 1.165) is 10.9 Å². The molecule has 0 fully saturated rings. The first-order valence-corrected chi connectivity index (χ1v) is 7.35. The van der Waals surface area contributed by atoms with Gasteiger partial charge < -0.3 is 4.57 Å². The largest absolute Gasteiger partial charge is 0.350 e. The molecule has 1 heterocycles. The van der Waals surface area contributed by atoms with Gasteiger partial charge in [0.15, 0.2) is 5.78 Å². The highest BCUT2D eigenvalue weighted by Gasteiger charge is 2.20. The minimum absolute atomic E-state index is 0.196. The molecule has 0 atom stereocenters. The molecule has 0 radical (unpaired) electrons. The monoisotopic (exact) mass is 337 g/mol. The van der Waals surface area contributed by atoms with E-state index in [2.05, 4.69) is 0 Å². The molecular weight excluding hydrogens is 329 g/mol. The molecule has 3 aromatic rings. The summed E-state index contributed by atoms with van der Waals surface area (Å²) in [7, 11) is 1.86. The van der Waals surface area contributed by atoms with E-state index in [1.165, 1.54) is 0 Å². The molecule has 0 N–H and O–H groups in total. The lowest BCUT2D eigenvalue weighted by Gasteiger charge is -2.05. The second-order valence-electron chi connectivity index (χ2n) is 4.74. The Hall–Kier alpha value is -1.48. The van der Waals surface area contributed by atoms with E-state index in [1.807, 2.05) is 23.7 Å². The van der Waals surface area contributed by atoms with Crippen molar-refractivity contribution < 1.29 is 4.79 Å². The third-order valence-electron chi connectivity index (χ3n) is 3.39.